The molecule has 8 nitrogen and oxygen atoms in total. The van der Waals surface area contributed by atoms with Crippen LogP contribution in [-0.4, -0.2) is 51.2 Å². The van der Waals surface area contributed by atoms with Crippen molar-refractivity contribution in [3.63, 3.8) is 0 Å². The van der Waals surface area contributed by atoms with Crippen LogP contribution in [0.3, 0.4) is 0 Å². The van der Waals surface area contributed by atoms with E-state index in [-0.39, 0.29) is 6.61 Å². The summed E-state index contributed by atoms with van der Waals surface area (Å²) in [6.45, 7) is 8.03. The number of hydrogen-bond donors (Lipinski definition) is 1. The molecule has 2 rings (SSSR count). The topological polar surface area (TPSA) is 91.8 Å². The first kappa shape index (κ1) is 22.2. The fourth-order valence-corrected chi connectivity index (χ4v) is 5.41. The van der Waals surface area contributed by atoms with E-state index in [9.17, 15) is 4.79 Å². The number of alkyl carbamates (subject to hydrolysis) is 1. The average Bonchev–Trinajstić information content (AvgIpc) is 2.70. The Morgan fingerprint density at radius 1 is 1.00 bits per heavy atom. The first-order valence-electron chi connectivity index (χ1n) is 9.64. The highest BCUT2D eigenvalue weighted by atomic mass is 28.4. The number of aromatic nitrogens is 2. The second kappa shape index (κ2) is 11.7. The lowest BCUT2D eigenvalue weighted by Crippen LogP contribution is -2.46. The van der Waals surface area contributed by atoms with Crippen LogP contribution in [0.5, 0.6) is 0 Å². The van der Waals surface area contributed by atoms with Crippen molar-refractivity contribution in [3.8, 4) is 0 Å². The van der Waals surface area contributed by atoms with Gasteiger partial charge in [0.1, 0.15) is 6.61 Å². The molecule has 0 saturated heterocycles. The molecule has 0 saturated carbocycles. The molecule has 9 heteroatoms. The van der Waals surface area contributed by atoms with Gasteiger partial charge in [0.05, 0.1) is 11.0 Å². The van der Waals surface area contributed by atoms with Crippen molar-refractivity contribution in [2.24, 2.45) is 0 Å². The highest BCUT2D eigenvalue weighted by Gasteiger charge is 2.39. The lowest BCUT2D eigenvalue weighted by Gasteiger charge is -2.28. The average molecular weight is 408 g/mol. The minimum Gasteiger partial charge on any atom is -0.445 e. The zero-order chi connectivity index (χ0) is 20.2. The van der Waals surface area contributed by atoms with Gasteiger partial charge in [-0.2, -0.15) is 0 Å². The molecular weight excluding hydrogens is 378 g/mol. The second-order valence-electron chi connectivity index (χ2n) is 5.97. The fourth-order valence-electron chi connectivity index (χ4n) is 2.80. The molecule has 0 radical (unpaired) electrons. The van der Waals surface area contributed by atoms with Gasteiger partial charge in [0.2, 0.25) is 0 Å². The van der Waals surface area contributed by atoms with Crippen molar-refractivity contribution in [3.05, 3.63) is 36.2 Å². The maximum Gasteiger partial charge on any atom is 0.500 e. The Kier molecular flexibility index (Phi) is 9.28. The largest absolute Gasteiger partial charge is 0.500 e. The standard InChI is InChI=1S/C19H29N3O5Si/c1-4-25-28(26-5-2,27-6-3)13-7-10-22-19(23)24-15-16-8-9-17-18(14-16)21-12-11-20-17/h8-9,11-12,14H,4-7,10,13,15H2,1-3H3,(H,22,23). The molecule has 0 atom stereocenters. The molecule has 0 bridgehead atoms. The Labute approximate surface area is 166 Å². The summed E-state index contributed by atoms with van der Waals surface area (Å²) in [5.41, 5.74) is 2.44. The van der Waals surface area contributed by atoms with Gasteiger partial charge in [-0.1, -0.05) is 6.07 Å². The Morgan fingerprint density at radius 3 is 2.29 bits per heavy atom. The van der Waals surface area contributed by atoms with Crippen LogP contribution in [0.1, 0.15) is 32.8 Å². The number of rotatable bonds is 12. The summed E-state index contributed by atoms with van der Waals surface area (Å²) in [5, 5.41) is 2.76. The molecule has 154 valence electrons. The van der Waals surface area contributed by atoms with Gasteiger partial charge in [-0.25, -0.2) is 4.79 Å². The maximum absolute atomic E-state index is 11.9. The van der Waals surface area contributed by atoms with E-state index in [1.807, 2.05) is 39.0 Å². The number of fused-ring (bicyclic) bond motifs is 1. The van der Waals surface area contributed by atoms with Crippen LogP contribution >= 0.6 is 0 Å². The van der Waals surface area contributed by atoms with Crippen molar-refractivity contribution in [1.29, 1.82) is 0 Å². The van der Waals surface area contributed by atoms with Crippen LogP contribution in [0.2, 0.25) is 6.04 Å². The normalized spacial score (nSPS) is 11.5. The Balaban J connectivity index is 1.75. The molecule has 0 aliphatic rings. The molecule has 1 N–H and O–H groups in total. The SMILES string of the molecule is CCO[Si](CCCNC(=O)OCc1ccc2nccnc2c1)(OCC)OCC. The van der Waals surface area contributed by atoms with Gasteiger partial charge < -0.3 is 23.3 Å². The number of carbonyl (C=O) groups excluding carboxylic acids is 1. The number of hydrogen-bond acceptors (Lipinski definition) is 7. The van der Waals surface area contributed by atoms with E-state index in [0.717, 1.165) is 16.6 Å². The van der Waals surface area contributed by atoms with Crippen LogP contribution in [0, 0.1) is 0 Å². The van der Waals surface area contributed by atoms with Crippen molar-refractivity contribution in [1.82, 2.24) is 15.3 Å². The Bertz CT molecular complexity index is 729. The van der Waals surface area contributed by atoms with Crippen LogP contribution in [0.15, 0.2) is 30.6 Å². The van der Waals surface area contributed by atoms with Gasteiger partial charge in [-0.15, -0.1) is 0 Å². The summed E-state index contributed by atoms with van der Waals surface area (Å²) in [6, 6.07) is 6.24. The molecule has 1 aromatic carbocycles. The van der Waals surface area contributed by atoms with Gasteiger partial charge in [0.15, 0.2) is 0 Å². The predicted octanol–water partition coefficient (Wildman–Crippen LogP) is 3.29. The molecule has 2 aromatic rings. The lowest BCUT2D eigenvalue weighted by atomic mass is 10.2. The molecule has 0 unspecified atom stereocenters. The van der Waals surface area contributed by atoms with Gasteiger partial charge in [-0.3, -0.25) is 9.97 Å². The quantitative estimate of drug-likeness (QED) is 0.426. The van der Waals surface area contributed by atoms with Gasteiger partial charge >= 0.3 is 14.9 Å². The third-order valence-electron chi connectivity index (χ3n) is 3.93. The number of nitrogens with zero attached hydrogens (tertiary/aromatic N) is 2. The molecule has 28 heavy (non-hydrogen) atoms. The van der Waals surface area contributed by atoms with Crippen molar-refractivity contribution in [2.75, 3.05) is 26.4 Å². The molecule has 1 heterocycles. The van der Waals surface area contributed by atoms with Crippen LogP contribution in [0.4, 0.5) is 4.79 Å². The Hall–Kier alpha value is -2.07. The number of nitrogens with one attached hydrogen (secondary N) is 1. The number of carbonyl (C=O) groups is 1. The summed E-state index contributed by atoms with van der Waals surface area (Å²) in [5.74, 6) is 0. The van der Waals surface area contributed by atoms with E-state index < -0.39 is 14.9 Å². The van der Waals surface area contributed by atoms with E-state index in [0.29, 0.717) is 38.8 Å². The molecule has 0 aliphatic heterocycles. The zero-order valence-electron chi connectivity index (χ0n) is 16.8. The smallest absolute Gasteiger partial charge is 0.445 e. The van der Waals surface area contributed by atoms with Gasteiger partial charge in [0.25, 0.3) is 0 Å². The Morgan fingerprint density at radius 2 is 1.64 bits per heavy atom. The third-order valence-corrected chi connectivity index (χ3v) is 7.08. The van der Waals surface area contributed by atoms with Gasteiger partial charge in [-0.05, 0) is 44.9 Å². The molecule has 0 fully saturated rings. The van der Waals surface area contributed by atoms with Crippen LogP contribution in [-0.2, 0) is 24.6 Å². The summed E-state index contributed by atoms with van der Waals surface area (Å²) in [7, 11) is -2.67. The number of ether oxygens (including phenoxy) is 1. The first-order valence-corrected chi connectivity index (χ1v) is 11.6. The summed E-state index contributed by atoms with van der Waals surface area (Å²) in [4.78, 5) is 20.4. The molecule has 0 spiro atoms. The van der Waals surface area contributed by atoms with Crippen molar-refractivity contribution in [2.45, 2.75) is 39.8 Å². The summed E-state index contributed by atoms with van der Waals surface area (Å²) >= 11 is 0. The highest BCUT2D eigenvalue weighted by Crippen LogP contribution is 2.18. The number of amides is 1. The summed E-state index contributed by atoms with van der Waals surface area (Å²) < 4.78 is 22.7. The maximum atomic E-state index is 11.9. The van der Waals surface area contributed by atoms with E-state index in [2.05, 4.69) is 15.3 Å². The van der Waals surface area contributed by atoms with Crippen molar-refractivity contribution < 1.29 is 22.8 Å². The minimum absolute atomic E-state index is 0.174. The third kappa shape index (κ3) is 6.83. The molecule has 1 aromatic heterocycles. The molecule has 0 aliphatic carbocycles. The van der Waals surface area contributed by atoms with E-state index >= 15 is 0 Å². The van der Waals surface area contributed by atoms with Crippen LogP contribution in [0.25, 0.3) is 11.0 Å². The number of benzene rings is 1. The molecule has 1 amide bonds. The molecular formula is C19H29N3O5Si. The lowest BCUT2D eigenvalue weighted by molar-refractivity contribution is 0.0706. The zero-order valence-corrected chi connectivity index (χ0v) is 17.8. The summed E-state index contributed by atoms with van der Waals surface area (Å²) in [6.07, 6.45) is 3.50. The van der Waals surface area contributed by atoms with Crippen molar-refractivity contribution >= 4 is 25.9 Å². The predicted molar refractivity (Wildman–Crippen MR) is 108 cm³/mol. The highest BCUT2D eigenvalue weighted by molar-refractivity contribution is 6.60. The van der Waals surface area contributed by atoms with Gasteiger partial charge in [0, 0.05) is 44.8 Å². The first-order chi connectivity index (χ1) is 13.6. The fraction of sp³-hybridized carbons (Fsp3) is 0.526. The van der Waals surface area contributed by atoms with E-state index in [1.54, 1.807) is 12.4 Å². The second-order valence-corrected chi connectivity index (χ2v) is 8.70. The van der Waals surface area contributed by atoms with E-state index in [4.69, 9.17) is 18.0 Å². The minimum atomic E-state index is -2.67. The monoisotopic (exact) mass is 407 g/mol. The van der Waals surface area contributed by atoms with Crippen LogP contribution < -0.4 is 5.32 Å². The van der Waals surface area contributed by atoms with E-state index in [1.165, 1.54) is 0 Å².